The third-order valence-electron chi connectivity index (χ3n) is 3.72. The first kappa shape index (κ1) is 13.9. The van der Waals surface area contributed by atoms with Gasteiger partial charge in [0.2, 0.25) is 0 Å². The first-order valence-electron chi connectivity index (χ1n) is 6.70. The topological polar surface area (TPSA) is 18.5 Å². The largest absolute Gasteiger partial charge is 0.318 e. The van der Waals surface area contributed by atoms with Gasteiger partial charge in [-0.25, -0.2) is 0 Å². The Labute approximate surface area is 101 Å². The molecule has 2 unspecified atom stereocenters. The van der Waals surface area contributed by atoms with Crippen LogP contribution in [0, 0.1) is 5.92 Å². The zero-order valence-corrected chi connectivity index (χ0v) is 11.5. The maximum atomic E-state index is 3.32. The summed E-state index contributed by atoms with van der Waals surface area (Å²) >= 11 is 0. The number of likely N-dealkylation sites (N-methyl/N-ethyl adjacent to an activating group) is 2. The third-order valence-corrected chi connectivity index (χ3v) is 3.72. The molecule has 0 amide bonds. The lowest BCUT2D eigenvalue weighted by atomic mass is 10.1. The molecule has 0 bridgehead atoms. The molecule has 96 valence electrons. The molecule has 1 aliphatic rings. The lowest BCUT2D eigenvalue weighted by Gasteiger charge is -2.30. The summed E-state index contributed by atoms with van der Waals surface area (Å²) in [5.74, 6) is 0.881. The van der Waals surface area contributed by atoms with Crippen LogP contribution in [0.5, 0.6) is 0 Å². The van der Waals surface area contributed by atoms with Gasteiger partial charge in [0.05, 0.1) is 0 Å². The molecule has 3 heteroatoms. The van der Waals surface area contributed by atoms with Crippen LogP contribution in [-0.2, 0) is 0 Å². The quantitative estimate of drug-likeness (QED) is 0.706. The summed E-state index contributed by atoms with van der Waals surface area (Å²) in [6.07, 6.45) is 3.96. The predicted octanol–water partition coefficient (Wildman–Crippen LogP) is 1.26. The Morgan fingerprint density at radius 3 is 2.75 bits per heavy atom. The van der Waals surface area contributed by atoms with E-state index >= 15 is 0 Å². The van der Waals surface area contributed by atoms with Crippen molar-refractivity contribution in [1.29, 1.82) is 0 Å². The lowest BCUT2D eigenvalue weighted by Crippen LogP contribution is -2.41. The van der Waals surface area contributed by atoms with Gasteiger partial charge >= 0.3 is 0 Å². The van der Waals surface area contributed by atoms with Gasteiger partial charge in [-0.05, 0) is 46.4 Å². The van der Waals surface area contributed by atoms with Gasteiger partial charge in [-0.3, -0.25) is 0 Å². The Morgan fingerprint density at radius 1 is 1.50 bits per heavy atom. The standard InChI is InChI=1S/C13H29N3/c1-5-6-13(9-14-2)16(4)11-12-7-8-15(3)10-12/h12-14H,5-11H2,1-4H3. The van der Waals surface area contributed by atoms with Gasteiger partial charge in [-0.1, -0.05) is 13.3 Å². The van der Waals surface area contributed by atoms with Gasteiger partial charge in [-0.2, -0.15) is 0 Å². The molecule has 1 rings (SSSR count). The molecular formula is C13H29N3. The summed E-state index contributed by atoms with van der Waals surface area (Å²) in [6.45, 7) is 7.22. The van der Waals surface area contributed by atoms with E-state index in [4.69, 9.17) is 0 Å². The zero-order valence-electron chi connectivity index (χ0n) is 11.5. The van der Waals surface area contributed by atoms with Crippen molar-refractivity contribution in [2.75, 3.05) is 47.3 Å². The minimum absolute atomic E-state index is 0.709. The van der Waals surface area contributed by atoms with E-state index in [2.05, 4.69) is 43.2 Å². The average molecular weight is 227 g/mol. The summed E-state index contributed by atoms with van der Waals surface area (Å²) in [5.41, 5.74) is 0. The molecule has 0 spiro atoms. The van der Waals surface area contributed by atoms with Gasteiger partial charge in [0.15, 0.2) is 0 Å². The fraction of sp³-hybridized carbons (Fsp3) is 1.00. The monoisotopic (exact) mass is 227 g/mol. The number of hydrogen-bond donors (Lipinski definition) is 1. The Morgan fingerprint density at radius 2 is 2.25 bits per heavy atom. The van der Waals surface area contributed by atoms with Crippen LogP contribution < -0.4 is 5.32 Å². The van der Waals surface area contributed by atoms with E-state index in [1.807, 2.05) is 0 Å². The minimum Gasteiger partial charge on any atom is -0.318 e. The van der Waals surface area contributed by atoms with Gasteiger partial charge in [0.1, 0.15) is 0 Å². The highest BCUT2D eigenvalue weighted by Crippen LogP contribution is 2.17. The number of nitrogens with zero attached hydrogens (tertiary/aromatic N) is 2. The Kier molecular flexibility index (Phi) is 6.32. The first-order valence-corrected chi connectivity index (χ1v) is 6.70. The van der Waals surface area contributed by atoms with E-state index in [0.717, 1.165) is 12.5 Å². The minimum atomic E-state index is 0.709. The molecular weight excluding hydrogens is 198 g/mol. The molecule has 0 aromatic heterocycles. The van der Waals surface area contributed by atoms with Gasteiger partial charge in [-0.15, -0.1) is 0 Å². The molecule has 0 aromatic rings. The maximum absolute atomic E-state index is 3.32. The fourth-order valence-corrected chi connectivity index (χ4v) is 2.78. The highest BCUT2D eigenvalue weighted by atomic mass is 15.2. The van der Waals surface area contributed by atoms with Crippen LogP contribution in [-0.4, -0.2) is 63.2 Å². The predicted molar refractivity (Wildman–Crippen MR) is 70.9 cm³/mol. The third kappa shape index (κ3) is 4.40. The van der Waals surface area contributed by atoms with Gasteiger partial charge in [0, 0.05) is 25.7 Å². The normalized spacial score (nSPS) is 24.2. The molecule has 1 fully saturated rings. The highest BCUT2D eigenvalue weighted by molar-refractivity contribution is 4.78. The van der Waals surface area contributed by atoms with E-state index < -0.39 is 0 Å². The molecule has 0 aromatic carbocycles. The number of nitrogens with one attached hydrogen (secondary N) is 1. The Balaban J connectivity index is 2.32. The van der Waals surface area contributed by atoms with E-state index in [1.165, 1.54) is 38.9 Å². The van der Waals surface area contributed by atoms with Crippen LogP contribution in [0.4, 0.5) is 0 Å². The molecule has 0 saturated carbocycles. The molecule has 0 aliphatic carbocycles. The van der Waals surface area contributed by atoms with Crippen molar-refractivity contribution < 1.29 is 0 Å². The van der Waals surface area contributed by atoms with Crippen molar-refractivity contribution in [3.05, 3.63) is 0 Å². The van der Waals surface area contributed by atoms with E-state index in [1.54, 1.807) is 0 Å². The van der Waals surface area contributed by atoms with Crippen molar-refractivity contribution in [2.24, 2.45) is 5.92 Å². The Hall–Kier alpha value is -0.120. The summed E-state index contributed by atoms with van der Waals surface area (Å²) in [4.78, 5) is 5.01. The number of rotatable bonds is 7. The first-order chi connectivity index (χ1) is 7.67. The van der Waals surface area contributed by atoms with Crippen LogP contribution >= 0.6 is 0 Å². The average Bonchev–Trinajstić information content (AvgIpc) is 2.63. The van der Waals surface area contributed by atoms with Gasteiger partial charge < -0.3 is 15.1 Å². The second kappa shape index (κ2) is 7.25. The van der Waals surface area contributed by atoms with E-state index in [0.29, 0.717) is 6.04 Å². The zero-order chi connectivity index (χ0) is 12.0. The van der Waals surface area contributed by atoms with Crippen molar-refractivity contribution in [3.8, 4) is 0 Å². The number of hydrogen-bond acceptors (Lipinski definition) is 3. The summed E-state index contributed by atoms with van der Waals surface area (Å²) in [7, 11) is 6.58. The molecule has 3 nitrogen and oxygen atoms in total. The van der Waals surface area contributed by atoms with Crippen molar-refractivity contribution in [1.82, 2.24) is 15.1 Å². The summed E-state index contributed by atoms with van der Waals surface area (Å²) < 4.78 is 0. The van der Waals surface area contributed by atoms with Crippen LogP contribution in [0.25, 0.3) is 0 Å². The maximum Gasteiger partial charge on any atom is 0.0217 e. The van der Waals surface area contributed by atoms with Crippen molar-refractivity contribution in [2.45, 2.75) is 32.2 Å². The summed E-state index contributed by atoms with van der Waals surface area (Å²) in [6, 6.07) is 0.709. The molecule has 1 saturated heterocycles. The van der Waals surface area contributed by atoms with E-state index in [9.17, 15) is 0 Å². The smallest absolute Gasteiger partial charge is 0.0217 e. The molecule has 2 atom stereocenters. The van der Waals surface area contributed by atoms with Crippen LogP contribution in [0.15, 0.2) is 0 Å². The molecule has 0 radical (unpaired) electrons. The number of likely N-dealkylation sites (tertiary alicyclic amines) is 1. The van der Waals surface area contributed by atoms with Crippen molar-refractivity contribution in [3.63, 3.8) is 0 Å². The summed E-state index contributed by atoms with van der Waals surface area (Å²) in [5, 5.41) is 3.32. The molecule has 16 heavy (non-hydrogen) atoms. The highest BCUT2D eigenvalue weighted by Gasteiger charge is 2.23. The van der Waals surface area contributed by atoms with Crippen LogP contribution in [0.3, 0.4) is 0 Å². The van der Waals surface area contributed by atoms with Gasteiger partial charge in [0.25, 0.3) is 0 Å². The van der Waals surface area contributed by atoms with E-state index in [-0.39, 0.29) is 0 Å². The molecule has 1 aliphatic heterocycles. The SMILES string of the molecule is CCCC(CNC)N(C)CC1CCN(C)C1. The fourth-order valence-electron chi connectivity index (χ4n) is 2.78. The Bertz CT molecular complexity index is 178. The van der Waals surface area contributed by atoms with Crippen molar-refractivity contribution >= 4 is 0 Å². The van der Waals surface area contributed by atoms with Crippen LogP contribution in [0.1, 0.15) is 26.2 Å². The second-order valence-corrected chi connectivity index (χ2v) is 5.36. The second-order valence-electron chi connectivity index (χ2n) is 5.36. The molecule has 1 heterocycles. The van der Waals surface area contributed by atoms with Crippen LogP contribution in [0.2, 0.25) is 0 Å². The lowest BCUT2D eigenvalue weighted by molar-refractivity contribution is 0.194. The molecule has 1 N–H and O–H groups in total.